The molecule has 7 heteroatoms. The highest BCUT2D eigenvalue weighted by molar-refractivity contribution is 6.02. The summed E-state index contributed by atoms with van der Waals surface area (Å²) in [5.74, 6) is -1.28. The molecule has 3 aromatic rings. The number of hydrogen-bond acceptors (Lipinski definition) is 6. The minimum absolute atomic E-state index is 0.0594. The Kier molecular flexibility index (Phi) is 9.36. The number of furan rings is 1. The van der Waals surface area contributed by atoms with E-state index in [0.717, 1.165) is 12.8 Å². The van der Waals surface area contributed by atoms with Crippen molar-refractivity contribution in [3.05, 3.63) is 95.5 Å². The molecule has 2 aromatic carbocycles. The van der Waals surface area contributed by atoms with Crippen molar-refractivity contribution in [1.29, 1.82) is 0 Å². The first kappa shape index (κ1) is 26.6. The molecule has 3 rings (SSSR count). The normalized spacial score (nSPS) is 11.6. The highest BCUT2D eigenvalue weighted by atomic mass is 16.6. The maximum atomic E-state index is 13.3. The predicted molar refractivity (Wildman–Crippen MR) is 135 cm³/mol. The van der Waals surface area contributed by atoms with Crippen LogP contribution in [0.5, 0.6) is 0 Å². The van der Waals surface area contributed by atoms with Gasteiger partial charge in [0.1, 0.15) is 18.1 Å². The Balaban J connectivity index is 1.87. The van der Waals surface area contributed by atoms with Gasteiger partial charge in [-0.1, -0.05) is 56.3 Å². The summed E-state index contributed by atoms with van der Waals surface area (Å²) in [6.45, 7) is 5.59. The Morgan fingerprint density at radius 1 is 0.944 bits per heavy atom. The second kappa shape index (κ2) is 12.7. The van der Waals surface area contributed by atoms with Gasteiger partial charge in [0.2, 0.25) is 0 Å². The number of aliphatic hydroxyl groups excluding tert-OH is 1. The molecule has 0 fully saturated rings. The van der Waals surface area contributed by atoms with E-state index in [1.807, 2.05) is 6.92 Å². The van der Waals surface area contributed by atoms with Gasteiger partial charge in [-0.2, -0.15) is 0 Å². The fraction of sp³-hybridized carbons (Fsp3) is 0.276. The zero-order chi connectivity index (χ0) is 26.1. The third-order valence-electron chi connectivity index (χ3n) is 5.86. The number of unbranched alkanes of at least 4 members (excludes halogenated alkanes) is 1. The van der Waals surface area contributed by atoms with Crippen LogP contribution in [0, 0.1) is 0 Å². The number of carbonyl (C=O) groups excluding carboxylic acids is 2. The Labute approximate surface area is 210 Å². The van der Waals surface area contributed by atoms with Gasteiger partial charge in [0.25, 0.3) is 0 Å². The lowest BCUT2D eigenvalue weighted by Crippen LogP contribution is -2.14. The van der Waals surface area contributed by atoms with Crippen molar-refractivity contribution in [2.75, 3.05) is 0 Å². The van der Waals surface area contributed by atoms with Crippen LogP contribution in [0.25, 0.3) is 11.1 Å². The number of esters is 1. The van der Waals surface area contributed by atoms with Crippen LogP contribution in [-0.2, 0) is 16.1 Å². The Bertz CT molecular complexity index is 1240. The monoisotopic (exact) mass is 490 g/mol. The number of carbonyl (C=O) groups is 3. The first-order valence-corrected chi connectivity index (χ1v) is 11.9. The van der Waals surface area contributed by atoms with Gasteiger partial charge < -0.3 is 19.4 Å². The third-order valence-corrected chi connectivity index (χ3v) is 5.86. The summed E-state index contributed by atoms with van der Waals surface area (Å²) in [6.07, 6.45) is 1.83. The van der Waals surface area contributed by atoms with Crippen LogP contribution in [0.3, 0.4) is 0 Å². The van der Waals surface area contributed by atoms with E-state index in [1.165, 1.54) is 6.07 Å². The SMILES string of the molecule is C=C(CCCC)C(=O)CC[C@H](OC(=O)c1ccccc1-c1ccccc1C(=O)O)c1ccc(CO)o1. The van der Waals surface area contributed by atoms with Crippen LogP contribution in [0.1, 0.15) is 77.4 Å². The number of allylic oxidation sites excluding steroid dienone is 1. The van der Waals surface area contributed by atoms with E-state index in [2.05, 4.69) is 6.58 Å². The van der Waals surface area contributed by atoms with Gasteiger partial charge in [0.15, 0.2) is 11.9 Å². The number of aromatic carboxylic acids is 1. The second-order valence-electron chi connectivity index (χ2n) is 8.42. The molecule has 0 saturated heterocycles. The van der Waals surface area contributed by atoms with Gasteiger partial charge >= 0.3 is 11.9 Å². The summed E-state index contributed by atoms with van der Waals surface area (Å²) in [7, 11) is 0. The van der Waals surface area contributed by atoms with Crippen LogP contribution in [0.2, 0.25) is 0 Å². The molecule has 7 nitrogen and oxygen atoms in total. The van der Waals surface area contributed by atoms with Gasteiger partial charge in [-0.3, -0.25) is 4.79 Å². The number of benzene rings is 2. The first-order valence-electron chi connectivity index (χ1n) is 11.9. The topological polar surface area (TPSA) is 114 Å². The fourth-order valence-electron chi connectivity index (χ4n) is 3.87. The van der Waals surface area contributed by atoms with Crippen molar-refractivity contribution in [1.82, 2.24) is 0 Å². The molecule has 0 spiro atoms. The number of rotatable bonds is 13. The number of aliphatic hydroxyl groups is 1. The van der Waals surface area contributed by atoms with Crippen LogP contribution in [0.15, 0.2) is 77.2 Å². The van der Waals surface area contributed by atoms with Crippen LogP contribution in [-0.4, -0.2) is 27.9 Å². The highest BCUT2D eigenvalue weighted by Crippen LogP contribution is 2.31. The van der Waals surface area contributed by atoms with E-state index in [0.29, 0.717) is 34.6 Å². The molecule has 1 heterocycles. The lowest BCUT2D eigenvalue weighted by molar-refractivity contribution is -0.116. The molecule has 0 aliphatic carbocycles. The van der Waals surface area contributed by atoms with Crippen molar-refractivity contribution in [3.8, 4) is 11.1 Å². The predicted octanol–water partition coefficient (Wildman–Crippen LogP) is 6.13. The van der Waals surface area contributed by atoms with Gasteiger partial charge in [-0.15, -0.1) is 0 Å². The molecule has 0 radical (unpaired) electrons. The molecule has 1 atom stereocenters. The molecule has 2 N–H and O–H groups in total. The zero-order valence-electron chi connectivity index (χ0n) is 20.2. The molecule has 0 amide bonds. The number of hydrogen-bond donors (Lipinski definition) is 2. The molecule has 0 aliphatic heterocycles. The average molecular weight is 491 g/mol. The lowest BCUT2D eigenvalue weighted by atomic mass is 9.95. The molecular formula is C29H30O7. The van der Waals surface area contributed by atoms with Crippen molar-refractivity contribution >= 4 is 17.7 Å². The average Bonchev–Trinajstić information content (AvgIpc) is 3.38. The summed E-state index contributed by atoms with van der Waals surface area (Å²) in [4.78, 5) is 37.7. The van der Waals surface area contributed by atoms with E-state index >= 15 is 0 Å². The Morgan fingerprint density at radius 2 is 1.58 bits per heavy atom. The maximum absolute atomic E-state index is 13.3. The first-order chi connectivity index (χ1) is 17.3. The van der Waals surface area contributed by atoms with Crippen molar-refractivity contribution < 1.29 is 33.8 Å². The molecule has 0 aliphatic rings. The smallest absolute Gasteiger partial charge is 0.339 e. The third kappa shape index (κ3) is 6.58. The van der Waals surface area contributed by atoms with Gasteiger partial charge in [0.05, 0.1) is 11.1 Å². The number of carboxylic acid groups (broad SMARTS) is 1. The largest absolute Gasteiger partial charge is 0.478 e. The minimum Gasteiger partial charge on any atom is -0.478 e. The lowest BCUT2D eigenvalue weighted by Gasteiger charge is -2.18. The molecule has 36 heavy (non-hydrogen) atoms. The number of carboxylic acids is 1. The standard InChI is InChI=1S/C29H30O7/c1-3-4-9-19(2)25(31)15-17-27(26-16-14-20(18-30)35-26)36-29(34)24-13-8-6-11-22(24)21-10-5-7-12-23(21)28(32)33/h5-8,10-14,16,27,30H,2-4,9,15,17-18H2,1H3,(H,32,33)/t27-/m0/s1. The summed E-state index contributed by atoms with van der Waals surface area (Å²) in [6, 6.07) is 16.2. The van der Waals surface area contributed by atoms with E-state index in [4.69, 9.17) is 9.15 Å². The van der Waals surface area contributed by atoms with E-state index in [9.17, 15) is 24.6 Å². The van der Waals surface area contributed by atoms with Crippen molar-refractivity contribution in [3.63, 3.8) is 0 Å². The highest BCUT2D eigenvalue weighted by Gasteiger charge is 2.25. The van der Waals surface area contributed by atoms with Crippen molar-refractivity contribution in [2.24, 2.45) is 0 Å². The minimum atomic E-state index is -1.11. The van der Waals surface area contributed by atoms with E-state index in [1.54, 1.807) is 54.6 Å². The molecule has 0 bridgehead atoms. The summed E-state index contributed by atoms with van der Waals surface area (Å²) in [5.41, 5.74) is 1.58. The summed E-state index contributed by atoms with van der Waals surface area (Å²) < 4.78 is 11.4. The molecular weight excluding hydrogens is 460 g/mol. The second-order valence-corrected chi connectivity index (χ2v) is 8.42. The fourth-order valence-corrected chi connectivity index (χ4v) is 3.87. The summed E-state index contributed by atoms with van der Waals surface area (Å²) in [5, 5.41) is 19.0. The number of ether oxygens (including phenoxy) is 1. The van der Waals surface area contributed by atoms with Crippen LogP contribution in [0.4, 0.5) is 0 Å². The molecule has 188 valence electrons. The quantitative estimate of drug-likeness (QED) is 0.219. The molecule has 0 saturated carbocycles. The molecule has 0 unspecified atom stereocenters. The number of Topliss-reactive ketones (excluding diaryl/α,β-unsaturated/α-hetero) is 1. The van der Waals surface area contributed by atoms with Gasteiger partial charge in [-0.25, -0.2) is 9.59 Å². The zero-order valence-corrected chi connectivity index (χ0v) is 20.2. The van der Waals surface area contributed by atoms with E-state index < -0.39 is 18.0 Å². The Hall–Kier alpha value is -3.97. The van der Waals surface area contributed by atoms with Crippen molar-refractivity contribution in [2.45, 2.75) is 51.7 Å². The van der Waals surface area contributed by atoms with E-state index in [-0.39, 0.29) is 36.4 Å². The van der Waals surface area contributed by atoms with Crippen LogP contribution < -0.4 is 0 Å². The number of ketones is 1. The van der Waals surface area contributed by atoms with Crippen LogP contribution >= 0.6 is 0 Å². The van der Waals surface area contributed by atoms with Gasteiger partial charge in [-0.05, 0) is 60.2 Å². The Morgan fingerprint density at radius 3 is 2.19 bits per heavy atom. The molecule has 1 aromatic heterocycles. The maximum Gasteiger partial charge on any atom is 0.339 e. The summed E-state index contributed by atoms with van der Waals surface area (Å²) >= 11 is 0. The van der Waals surface area contributed by atoms with Gasteiger partial charge in [0, 0.05) is 6.42 Å².